The number of nitrogens with one attached hydrogen (secondary N) is 1. The van der Waals surface area contributed by atoms with Crippen molar-refractivity contribution in [3.8, 4) is 11.3 Å². The highest BCUT2D eigenvalue weighted by molar-refractivity contribution is 9.10. The van der Waals surface area contributed by atoms with Crippen LogP contribution < -0.4 is 5.32 Å². The minimum Gasteiger partial charge on any atom is -0.322 e. The number of alkyl halides is 3. The van der Waals surface area contributed by atoms with E-state index in [0.29, 0.717) is 10.6 Å². The molecule has 0 aliphatic rings. The molecule has 0 saturated carbocycles. The first-order valence-electron chi connectivity index (χ1n) is 7.76. The molecule has 3 aromatic rings. The molecule has 0 saturated heterocycles. The van der Waals surface area contributed by atoms with Crippen LogP contribution >= 0.6 is 27.5 Å². The Morgan fingerprint density at radius 3 is 2.21 bits per heavy atom. The molecule has 0 aliphatic heterocycles. The number of pyridine rings is 1. The summed E-state index contributed by atoms with van der Waals surface area (Å²) in [5, 5.41) is 2.74. The van der Waals surface area contributed by atoms with E-state index < -0.39 is 29.0 Å². The SMILES string of the molecule is O=C(Nc1ccc(F)cc1)c1c(C(F)(F)F)cc(-c2ccc(Cl)cc2)nc1Br. The summed E-state index contributed by atoms with van der Waals surface area (Å²) >= 11 is 8.77. The van der Waals surface area contributed by atoms with E-state index in [1.54, 1.807) is 0 Å². The summed E-state index contributed by atoms with van der Waals surface area (Å²) in [6.45, 7) is 0. The molecule has 28 heavy (non-hydrogen) atoms. The first-order chi connectivity index (χ1) is 13.1. The van der Waals surface area contributed by atoms with Gasteiger partial charge in [0.15, 0.2) is 0 Å². The molecule has 0 radical (unpaired) electrons. The Morgan fingerprint density at radius 1 is 1.04 bits per heavy atom. The molecule has 0 fully saturated rings. The van der Waals surface area contributed by atoms with Crippen molar-refractivity contribution in [3.63, 3.8) is 0 Å². The van der Waals surface area contributed by atoms with Crippen LogP contribution in [0.5, 0.6) is 0 Å². The van der Waals surface area contributed by atoms with Crippen molar-refractivity contribution in [2.45, 2.75) is 6.18 Å². The van der Waals surface area contributed by atoms with Crippen molar-refractivity contribution < 1.29 is 22.4 Å². The maximum Gasteiger partial charge on any atom is 0.417 e. The molecule has 0 atom stereocenters. The van der Waals surface area contributed by atoms with E-state index in [1.165, 1.54) is 36.4 Å². The minimum absolute atomic E-state index is 0.0224. The van der Waals surface area contributed by atoms with Crippen LogP contribution in [0.15, 0.2) is 59.2 Å². The zero-order chi connectivity index (χ0) is 20.5. The number of benzene rings is 2. The van der Waals surface area contributed by atoms with Gasteiger partial charge in [-0.2, -0.15) is 13.2 Å². The molecule has 0 spiro atoms. The molecule has 0 aliphatic carbocycles. The van der Waals surface area contributed by atoms with Crippen molar-refractivity contribution in [1.82, 2.24) is 4.98 Å². The van der Waals surface area contributed by atoms with Crippen LogP contribution in [0.3, 0.4) is 0 Å². The molecule has 1 heterocycles. The summed E-state index contributed by atoms with van der Waals surface area (Å²) < 4.78 is 53.6. The van der Waals surface area contributed by atoms with Crippen molar-refractivity contribution in [2.24, 2.45) is 0 Å². The third kappa shape index (κ3) is 4.51. The second-order valence-electron chi connectivity index (χ2n) is 5.69. The van der Waals surface area contributed by atoms with E-state index in [1.807, 2.05) is 0 Å². The summed E-state index contributed by atoms with van der Waals surface area (Å²) in [5.74, 6) is -1.56. The Kier molecular flexibility index (Phi) is 5.71. The van der Waals surface area contributed by atoms with Crippen LogP contribution in [0.1, 0.15) is 15.9 Å². The van der Waals surface area contributed by atoms with E-state index in [0.717, 1.165) is 18.2 Å². The molecule has 0 bridgehead atoms. The summed E-state index contributed by atoms with van der Waals surface area (Å²) in [5.41, 5.74) is -1.25. The fourth-order valence-corrected chi connectivity index (χ4v) is 3.16. The molecule has 9 heteroatoms. The number of carbonyl (C=O) groups is 1. The number of rotatable bonds is 3. The highest BCUT2D eigenvalue weighted by Crippen LogP contribution is 2.37. The molecule has 3 nitrogen and oxygen atoms in total. The van der Waals surface area contributed by atoms with Gasteiger partial charge in [-0.3, -0.25) is 4.79 Å². The number of aromatic nitrogens is 1. The fraction of sp³-hybridized carbons (Fsp3) is 0.0526. The van der Waals surface area contributed by atoms with Crippen molar-refractivity contribution in [2.75, 3.05) is 5.32 Å². The van der Waals surface area contributed by atoms with Crippen LogP contribution in [-0.2, 0) is 6.18 Å². The average Bonchev–Trinajstić information content (AvgIpc) is 2.62. The molecule has 0 unspecified atom stereocenters. The Balaban J connectivity index is 2.06. The fourth-order valence-electron chi connectivity index (χ4n) is 2.45. The molecule has 1 N–H and O–H groups in total. The first kappa shape index (κ1) is 20.3. The van der Waals surface area contributed by atoms with E-state index in [2.05, 4.69) is 26.2 Å². The number of carbonyl (C=O) groups excluding carboxylic acids is 1. The molecule has 2 aromatic carbocycles. The van der Waals surface area contributed by atoms with Gasteiger partial charge < -0.3 is 5.32 Å². The number of anilines is 1. The quantitative estimate of drug-likeness (QED) is 0.345. The van der Waals surface area contributed by atoms with Crippen LogP contribution in [0.25, 0.3) is 11.3 Å². The van der Waals surface area contributed by atoms with Gasteiger partial charge in [0.25, 0.3) is 5.91 Å². The molecule has 144 valence electrons. The minimum atomic E-state index is -4.80. The Hall–Kier alpha value is -2.45. The standard InChI is InChI=1S/C19H10BrClF4N2O/c20-17-16(18(28)26-13-7-5-12(22)6-8-13)14(19(23,24)25)9-15(27-17)10-1-3-11(21)4-2-10/h1-9H,(H,26,28). The third-order valence-corrected chi connectivity index (χ3v) is 4.58. The van der Waals surface area contributed by atoms with Gasteiger partial charge in [0.05, 0.1) is 16.8 Å². The third-order valence-electron chi connectivity index (χ3n) is 3.75. The summed E-state index contributed by atoms with van der Waals surface area (Å²) in [4.78, 5) is 16.6. The van der Waals surface area contributed by atoms with Crippen molar-refractivity contribution in [1.29, 1.82) is 0 Å². The van der Waals surface area contributed by atoms with Gasteiger partial charge in [0.2, 0.25) is 0 Å². The van der Waals surface area contributed by atoms with E-state index >= 15 is 0 Å². The van der Waals surface area contributed by atoms with Crippen LogP contribution in [-0.4, -0.2) is 10.9 Å². The van der Waals surface area contributed by atoms with Gasteiger partial charge in [0, 0.05) is 16.3 Å². The number of nitrogens with zero attached hydrogens (tertiary/aromatic N) is 1. The van der Waals surface area contributed by atoms with Gasteiger partial charge in [-0.05, 0) is 58.4 Å². The van der Waals surface area contributed by atoms with Crippen molar-refractivity contribution in [3.05, 3.63) is 81.2 Å². The lowest BCUT2D eigenvalue weighted by Crippen LogP contribution is -2.20. The van der Waals surface area contributed by atoms with Crippen LogP contribution in [0.2, 0.25) is 5.02 Å². The molecule has 1 amide bonds. The monoisotopic (exact) mass is 472 g/mol. The summed E-state index contributed by atoms with van der Waals surface area (Å²) in [6.07, 6.45) is -4.80. The molecular weight excluding hydrogens is 464 g/mol. The Labute approximate surface area is 170 Å². The predicted octanol–water partition coefficient (Wildman–Crippen LogP) is 6.57. The summed E-state index contributed by atoms with van der Waals surface area (Å²) in [7, 11) is 0. The van der Waals surface area contributed by atoms with Gasteiger partial charge >= 0.3 is 6.18 Å². The molecule has 3 rings (SSSR count). The van der Waals surface area contributed by atoms with Gasteiger partial charge in [0.1, 0.15) is 10.4 Å². The Morgan fingerprint density at radius 2 is 1.64 bits per heavy atom. The van der Waals surface area contributed by atoms with Crippen LogP contribution in [0, 0.1) is 5.82 Å². The lowest BCUT2D eigenvalue weighted by Gasteiger charge is -2.16. The summed E-state index contributed by atoms with van der Waals surface area (Å²) in [6, 6.07) is 11.5. The second-order valence-corrected chi connectivity index (χ2v) is 6.87. The zero-order valence-corrected chi connectivity index (χ0v) is 16.2. The normalized spacial score (nSPS) is 11.4. The first-order valence-corrected chi connectivity index (χ1v) is 8.93. The lowest BCUT2D eigenvalue weighted by atomic mass is 10.0. The van der Waals surface area contributed by atoms with Crippen LogP contribution in [0.4, 0.5) is 23.2 Å². The smallest absolute Gasteiger partial charge is 0.322 e. The lowest BCUT2D eigenvalue weighted by molar-refractivity contribution is -0.138. The zero-order valence-electron chi connectivity index (χ0n) is 13.8. The number of hydrogen-bond donors (Lipinski definition) is 1. The number of amides is 1. The van der Waals surface area contributed by atoms with Crippen molar-refractivity contribution >= 4 is 39.1 Å². The van der Waals surface area contributed by atoms with Gasteiger partial charge in [-0.15, -0.1) is 0 Å². The van der Waals surface area contributed by atoms with Gasteiger partial charge in [-0.25, -0.2) is 9.37 Å². The highest BCUT2D eigenvalue weighted by atomic mass is 79.9. The largest absolute Gasteiger partial charge is 0.417 e. The van der Waals surface area contributed by atoms with Gasteiger partial charge in [-0.1, -0.05) is 23.7 Å². The topological polar surface area (TPSA) is 42.0 Å². The van der Waals surface area contributed by atoms with E-state index in [9.17, 15) is 22.4 Å². The highest BCUT2D eigenvalue weighted by Gasteiger charge is 2.37. The maximum absolute atomic E-state index is 13.6. The number of hydrogen-bond acceptors (Lipinski definition) is 2. The average molecular weight is 474 g/mol. The maximum atomic E-state index is 13.6. The van der Waals surface area contributed by atoms with E-state index in [4.69, 9.17) is 11.6 Å². The molecule has 1 aromatic heterocycles. The van der Waals surface area contributed by atoms with E-state index in [-0.39, 0.29) is 16.0 Å². The number of halogens is 6. The second kappa shape index (κ2) is 7.89. The Bertz CT molecular complexity index is 1020. The predicted molar refractivity (Wildman–Crippen MR) is 102 cm³/mol. The molecular formula is C19H10BrClF4N2O.